The molecule has 2 aromatic carbocycles. The first-order valence-corrected chi connectivity index (χ1v) is 7.34. The third kappa shape index (κ3) is 3.62. The first-order valence-electron chi connectivity index (χ1n) is 6.55. The van der Waals surface area contributed by atoms with Gasteiger partial charge in [0.15, 0.2) is 0 Å². The number of hydrogen-bond donors (Lipinski definition) is 3. The summed E-state index contributed by atoms with van der Waals surface area (Å²) >= 11 is 3.33. The number of aliphatic hydroxyl groups excluding tert-OH is 1. The Balaban J connectivity index is 2.25. The van der Waals surface area contributed by atoms with Crippen LogP contribution < -0.4 is 11.1 Å². The number of benzene rings is 2. The molecule has 1 atom stereocenters. The molecule has 0 heterocycles. The van der Waals surface area contributed by atoms with Crippen LogP contribution in [0.25, 0.3) is 0 Å². The van der Waals surface area contributed by atoms with Crippen LogP contribution in [-0.4, -0.2) is 17.6 Å². The SMILES string of the molecule is Cc1c(N)cc(Br)cc1C(=O)N[C@@H](CO)c1ccccc1. The van der Waals surface area contributed by atoms with E-state index in [0.29, 0.717) is 11.3 Å². The minimum absolute atomic E-state index is 0.168. The maximum Gasteiger partial charge on any atom is 0.252 e. The van der Waals surface area contributed by atoms with E-state index in [4.69, 9.17) is 5.73 Å². The number of carbonyl (C=O) groups is 1. The van der Waals surface area contributed by atoms with Gasteiger partial charge >= 0.3 is 0 Å². The van der Waals surface area contributed by atoms with Gasteiger partial charge in [0.1, 0.15) is 0 Å². The lowest BCUT2D eigenvalue weighted by atomic mass is 10.0. The van der Waals surface area contributed by atoms with Crippen molar-refractivity contribution < 1.29 is 9.90 Å². The number of nitrogen functional groups attached to an aromatic ring is 1. The first-order chi connectivity index (χ1) is 10.0. The van der Waals surface area contributed by atoms with Crippen LogP contribution in [0.15, 0.2) is 46.9 Å². The lowest BCUT2D eigenvalue weighted by Crippen LogP contribution is -2.31. The van der Waals surface area contributed by atoms with Crippen LogP contribution in [-0.2, 0) is 0 Å². The molecular weight excluding hydrogens is 332 g/mol. The normalized spacial score (nSPS) is 12.0. The van der Waals surface area contributed by atoms with Crippen LogP contribution in [0.1, 0.15) is 27.5 Å². The van der Waals surface area contributed by atoms with Crippen molar-refractivity contribution in [2.24, 2.45) is 0 Å². The Hall–Kier alpha value is -1.85. The van der Waals surface area contributed by atoms with Gasteiger partial charge < -0.3 is 16.2 Å². The topological polar surface area (TPSA) is 75.4 Å². The monoisotopic (exact) mass is 348 g/mol. The van der Waals surface area contributed by atoms with Crippen LogP contribution in [0.2, 0.25) is 0 Å². The second-order valence-electron chi connectivity index (χ2n) is 4.79. The number of nitrogens with two attached hydrogens (primary N) is 1. The summed E-state index contributed by atoms with van der Waals surface area (Å²) in [5.41, 5.74) is 8.50. The molecule has 0 aliphatic rings. The second kappa shape index (κ2) is 6.74. The van der Waals surface area contributed by atoms with Crippen LogP contribution in [0.5, 0.6) is 0 Å². The van der Waals surface area contributed by atoms with Crippen molar-refractivity contribution in [3.05, 3.63) is 63.6 Å². The van der Waals surface area contributed by atoms with E-state index < -0.39 is 6.04 Å². The molecule has 4 nitrogen and oxygen atoms in total. The smallest absolute Gasteiger partial charge is 0.252 e. The molecule has 0 radical (unpaired) electrons. The molecule has 5 heteroatoms. The number of aliphatic hydroxyl groups is 1. The highest BCUT2D eigenvalue weighted by atomic mass is 79.9. The van der Waals surface area contributed by atoms with Crippen molar-refractivity contribution in [1.82, 2.24) is 5.32 Å². The van der Waals surface area contributed by atoms with E-state index in [0.717, 1.165) is 15.6 Å². The van der Waals surface area contributed by atoms with Gasteiger partial charge in [-0.05, 0) is 30.2 Å². The summed E-state index contributed by atoms with van der Waals surface area (Å²) in [5, 5.41) is 12.3. The molecule has 0 saturated carbocycles. The fraction of sp³-hybridized carbons (Fsp3) is 0.188. The molecular formula is C16H17BrN2O2. The Morgan fingerprint density at radius 3 is 2.62 bits per heavy atom. The number of carbonyl (C=O) groups excluding carboxylic acids is 1. The summed E-state index contributed by atoms with van der Waals surface area (Å²) in [6.45, 7) is 1.63. The number of amides is 1. The molecule has 0 saturated heterocycles. The van der Waals surface area contributed by atoms with Gasteiger partial charge in [0.25, 0.3) is 5.91 Å². The quantitative estimate of drug-likeness (QED) is 0.743. The van der Waals surface area contributed by atoms with Crippen molar-refractivity contribution >= 4 is 27.5 Å². The molecule has 2 aromatic rings. The summed E-state index contributed by atoms with van der Waals surface area (Å²) in [6.07, 6.45) is 0. The van der Waals surface area contributed by atoms with Crippen molar-refractivity contribution in [3.8, 4) is 0 Å². The molecule has 0 fully saturated rings. The fourth-order valence-electron chi connectivity index (χ4n) is 2.09. The van der Waals surface area contributed by atoms with Gasteiger partial charge in [0.2, 0.25) is 0 Å². The van der Waals surface area contributed by atoms with E-state index >= 15 is 0 Å². The van der Waals surface area contributed by atoms with Gasteiger partial charge in [-0.3, -0.25) is 4.79 Å². The number of halogens is 1. The molecule has 1 amide bonds. The van der Waals surface area contributed by atoms with Gasteiger partial charge in [-0.2, -0.15) is 0 Å². The number of hydrogen-bond acceptors (Lipinski definition) is 3. The predicted octanol–water partition coefficient (Wildman–Crippen LogP) is 2.80. The lowest BCUT2D eigenvalue weighted by Gasteiger charge is -2.18. The molecule has 0 unspecified atom stereocenters. The highest BCUT2D eigenvalue weighted by molar-refractivity contribution is 9.10. The zero-order valence-corrected chi connectivity index (χ0v) is 13.2. The van der Waals surface area contributed by atoms with E-state index in [1.54, 1.807) is 19.1 Å². The molecule has 0 spiro atoms. The minimum Gasteiger partial charge on any atom is -0.398 e. The van der Waals surface area contributed by atoms with E-state index in [1.165, 1.54) is 0 Å². The Labute approximate surface area is 132 Å². The maximum absolute atomic E-state index is 12.4. The average molecular weight is 349 g/mol. The Morgan fingerprint density at radius 2 is 2.00 bits per heavy atom. The first kappa shape index (κ1) is 15.5. The van der Waals surface area contributed by atoms with Crippen molar-refractivity contribution in [2.75, 3.05) is 12.3 Å². The molecule has 110 valence electrons. The molecule has 0 aromatic heterocycles. The van der Waals surface area contributed by atoms with Gasteiger partial charge in [-0.1, -0.05) is 46.3 Å². The second-order valence-corrected chi connectivity index (χ2v) is 5.70. The van der Waals surface area contributed by atoms with Gasteiger partial charge in [0, 0.05) is 15.7 Å². The average Bonchev–Trinajstić information content (AvgIpc) is 2.49. The number of rotatable bonds is 4. The van der Waals surface area contributed by atoms with E-state index in [9.17, 15) is 9.90 Å². The third-order valence-corrected chi connectivity index (χ3v) is 3.80. The van der Waals surface area contributed by atoms with Crippen LogP contribution in [0.4, 0.5) is 5.69 Å². The van der Waals surface area contributed by atoms with E-state index in [-0.39, 0.29) is 12.5 Å². The molecule has 0 aliphatic heterocycles. The van der Waals surface area contributed by atoms with Gasteiger partial charge in [-0.15, -0.1) is 0 Å². The maximum atomic E-state index is 12.4. The van der Waals surface area contributed by atoms with Crippen LogP contribution >= 0.6 is 15.9 Å². The Morgan fingerprint density at radius 1 is 1.33 bits per heavy atom. The molecule has 4 N–H and O–H groups in total. The van der Waals surface area contributed by atoms with Gasteiger partial charge in [0.05, 0.1) is 12.6 Å². The molecule has 21 heavy (non-hydrogen) atoms. The zero-order valence-electron chi connectivity index (χ0n) is 11.6. The lowest BCUT2D eigenvalue weighted by molar-refractivity contribution is 0.0915. The summed E-state index contributed by atoms with van der Waals surface area (Å²) in [5.74, 6) is -0.261. The van der Waals surface area contributed by atoms with Crippen molar-refractivity contribution in [3.63, 3.8) is 0 Å². The summed E-state index contributed by atoms with van der Waals surface area (Å²) < 4.78 is 0.746. The standard InChI is InChI=1S/C16H17BrN2O2/c1-10-13(7-12(17)8-14(10)18)16(21)19-15(9-20)11-5-3-2-4-6-11/h2-8,15,20H,9,18H2,1H3,(H,19,21)/t15-/m0/s1. The van der Waals surface area contributed by atoms with E-state index in [2.05, 4.69) is 21.2 Å². The predicted molar refractivity (Wildman–Crippen MR) is 87.0 cm³/mol. The minimum atomic E-state index is -0.446. The van der Waals surface area contributed by atoms with E-state index in [1.807, 2.05) is 30.3 Å². The fourth-order valence-corrected chi connectivity index (χ4v) is 2.57. The Bertz CT molecular complexity index is 644. The van der Waals surface area contributed by atoms with Crippen molar-refractivity contribution in [1.29, 1.82) is 0 Å². The number of nitrogens with one attached hydrogen (secondary N) is 1. The highest BCUT2D eigenvalue weighted by Gasteiger charge is 2.17. The van der Waals surface area contributed by atoms with Crippen LogP contribution in [0.3, 0.4) is 0 Å². The van der Waals surface area contributed by atoms with Gasteiger partial charge in [-0.25, -0.2) is 0 Å². The molecule has 0 bridgehead atoms. The zero-order chi connectivity index (χ0) is 15.4. The summed E-state index contributed by atoms with van der Waals surface area (Å²) in [6, 6.07) is 12.4. The largest absolute Gasteiger partial charge is 0.398 e. The van der Waals surface area contributed by atoms with Crippen molar-refractivity contribution in [2.45, 2.75) is 13.0 Å². The molecule has 0 aliphatic carbocycles. The summed E-state index contributed by atoms with van der Waals surface area (Å²) in [7, 11) is 0. The Kier molecular flexibility index (Phi) is 4.98. The highest BCUT2D eigenvalue weighted by Crippen LogP contribution is 2.23. The van der Waals surface area contributed by atoms with Crippen LogP contribution in [0, 0.1) is 6.92 Å². The molecule has 2 rings (SSSR count). The number of anilines is 1. The third-order valence-electron chi connectivity index (χ3n) is 3.35. The summed E-state index contributed by atoms with van der Waals surface area (Å²) in [4.78, 5) is 12.4.